The number of carbonyl (C=O) groups is 1. The van der Waals surface area contributed by atoms with Gasteiger partial charge in [-0.05, 0) is 44.7 Å². The van der Waals surface area contributed by atoms with E-state index in [9.17, 15) is 13.2 Å². The highest BCUT2D eigenvalue weighted by Crippen LogP contribution is 2.38. The number of carbonyl (C=O) groups excluding carboxylic acids is 1. The number of hydrogen-bond donors (Lipinski definition) is 2. The molecule has 1 saturated carbocycles. The standard InChI is InChI=1S/C16H23N3O3S/c1-11(2)17-16(20)19-10-12-8-13(19)9-15(12)18-23(21,22)14-6-4-3-5-7-14/h3-7,11-13,15,18H,8-10H2,1-2H3,(H,17,20)/t12-,13-,15-/m0/s1. The average molecular weight is 337 g/mol. The van der Waals surface area contributed by atoms with Gasteiger partial charge in [-0.1, -0.05) is 18.2 Å². The molecule has 6 nitrogen and oxygen atoms in total. The number of nitrogens with zero attached hydrogens (tertiary/aromatic N) is 1. The van der Waals surface area contributed by atoms with Gasteiger partial charge in [0, 0.05) is 24.7 Å². The van der Waals surface area contributed by atoms with Gasteiger partial charge in [0.1, 0.15) is 0 Å². The second kappa shape index (κ2) is 6.13. The van der Waals surface area contributed by atoms with Crippen LogP contribution in [0.25, 0.3) is 0 Å². The Bertz CT molecular complexity index is 675. The Labute approximate surface area is 137 Å². The average Bonchev–Trinajstić information content (AvgIpc) is 3.07. The molecule has 2 amide bonds. The van der Waals surface area contributed by atoms with Gasteiger partial charge in [0.25, 0.3) is 0 Å². The summed E-state index contributed by atoms with van der Waals surface area (Å²) in [6, 6.07) is 8.51. The first-order valence-corrected chi connectivity index (χ1v) is 9.49. The zero-order chi connectivity index (χ0) is 16.6. The van der Waals surface area contributed by atoms with Crippen molar-refractivity contribution >= 4 is 16.1 Å². The monoisotopic (exact) mass is 337 g/mol. The van der Waals surface area contributed by atoms with E-state index in [1.807, 2.05) is 18.7 Å². The quantitative estimate of drug-likeness (QED) is 0.875. The van der Waals surface area contributed by atoms with Crippen molar-refractivity contribution in [2.75, 3.05) is 6.54 Å². The van der Waals surface area contributed by atoms with Crippen LogP contribution in [-0.4, -0.2) is 44.0 Å². The van der Waals surface area contributed by atoms with Crippen molar-refractivity contribution in [3.8, 4) is 0 Å². The molecule has 0 aromatic heterocycles. The summed E-state index contributed by atoms with van der Waals surface area (Å²) in [7, 11) is -3.49. The zero-order valence-corrected chi connectivity index (χ0v) is 14.2. The van der Waals surface area contributed by atoms with Crippen molar-refractivity contribution in [1.82, 2.24) is 14.9 Å². The van der Waals surface area contributed by atoms with Crippen molar-refractivity contribution in [3.63, 3.8) is 0 Å². The van der Waals surface area contributed by atoms with E-state index in [0.717, 1.165) is 6.42 Å². The Kier molecular flexibility index (Phi) is 4.33. The number of piperidine rings is 1. The number of fused-ring (bicyclic) bond motifs is 2. The van der Waals surface area contributed by atoms with E-state index in [-0.39, 0.29) is 35.0 Å². The molecule has 1 aromatic rings. The number of benzene rings is 1. The van der Waals surface area contributed by atoms with Crippen LogP contribution < -0.4 is 10.0 Å². The second-order valence-corrected chi connectivity index (χ2v) is 8.40. The summed E-state index contributed by atoms with van der Waals surface area (Å²) in [5, 5.41) is 2.91. The molecule has 2 aliphatic rings. The SMILES string of the molecule is CC(C)NC(=O)N1C[C@@H]2C[C@H]1C[C@@H]2NS(=O)(=O)c1ccccc1. The minimum Gasteiger partial charge on any atom is -0.336 e. The van der Waals surface area contributed by atoms with E-state index in [1.54, 1.807) is 30.3 Å². The summed E-state index contributed by atoms with van der Waals surface area (Å²) >= 11 is 0. The Hall–Kier alpha value is -1.60. The molecule has 1 saturated heterocycles. The van der Waals surface area contributed by atoms with Crippen LogP contribution in [0, 0.1) is 5.92 Å². The summed E-state index contributed by atoms with van der Waals surface area (Å²) in [6.45, 7) is 4.48. The predicted octanol–water partition coefficient (Wildman–Crippen LogP) is 1.55. The maximum atomic E-state index is 12.4. The summed E-state index contributed by atoms with van der Waals surface area (Å²) in [4.78, 5) is 14.3. The molecule has 1 aliphatic carbocycles. The molecule has 3 atom stereocenters. The van der Waals surface area contributed by atoms with Gasteiger partial charge in [-0.3, -0.25) is 0 Å². The largest absolute Gasteiger partial charge is 0.336 e. The van der Waals surface area contributed by atoms with E-state index < -0.39 is 10.0 Å². The zero-order valence-electron chi connectivity index (χ0n) is 13.4. The first-order chi connectivity index (χ1) is 10.9. The van der Waals surface area contributed by atoms with Crippen LogP contribution in [0.2, 0.25) is 0 Å². The number of nitrogens with one attached hydrogen (secondary N) is 2. The van der Waals surface area contributed by atoms with Gasteiger partial charge in [0.2, 0.25) is 10.0 Å². The third-order valence-electron chi connectivity index (χ3n) is 4.57. The number of hydrogen-bond acceptors (Lipinski definition) is 3. The lowest BCUT2D eigenvalue weighted by molar-refractivity contribution is 0.172. The molecule has 2 N–H and O–H groups in total. The maximum Gasteiger partial charge on any atom is 0.317 e. The number of rotatable bonds is 4. The summed E-state index contributed by atoms with van der Waals surface area (Å²) in [5.41, 5.74) is 0. The fraction of sp³-hybridized carbons (Fsp3) is 0.562. The number of likely N-dealkylation sites (tertiary alicyclic amines) is 1. The van der Waals surface area contributed by atoms with Crippen molar-refractivity contribution in [2.24, 2.45) is 5.92 Å². The van der Waals surface area contributed by atoms with E-state index >= 15 is 0 Å². The Morgan fingerprint density at radius 2 is 1.91 bits per heavy atom. The fourth-order valence-corrected chi connectivity index (χ4v) is 4.88. The minimum atomic E-state index is -3.49. The van der Waals surface area contributed by atoms with Crippen LogP contribution in [0.3, 0.4) is 0 Å². The molecule has 3 rings (SSSR count). The lowest BCUT2D eigenvalue weighted by Crippen LogP contribution is -2.51. The number of urea groups is 1. The van der Waals surface area contributed by atoms with Crippen LogP contribution in [-0.2, 0) is 10.0 Å². The van der Waals surface area contributed by atoms with Gasteiger partial charge in [-0.25, -0.2) is 17.9 Å². The molecule has 0 unspecified atom stereocenters. The predicted molar refractivity (Wildman–Crippen MR) is 87.4 cm³/mol. The maximum absolute atomic E-state index is 12.4. The molecule has 23 heavy (non-hydrogen) atoms. The van der Waals surface area contributed by atoms with Gasteiger partial charge in [0.15, 0.2) is 0 Å². The summed E-state index contributed by atoms with van der Waals surface area (Å²) in [6.07, 6.45) is 1.55. The Morgan fingerprint density at radius 1 is 1.22 bits per heavy atom. The number of amides is 2. The van der Waals surface area contributed by atoms with Crippen molar-refractivity contribution in [1.29, 1.82) is 0 Å². The topological polar surface area (TPSA) is 78.5 Å². The molecular formula is C16H23N3O3S. The third-order valence-corrected chi connectivity index (χ3v) is 6.08. The Morgan fingerprint density at radius 3 is 2.48 bits per heavy atom. The molecule has 1 heterocycles. The van der Waals surface area contributed by atoms with Crippen LogP contribution in [0.4, 0.5) is 4.79 Å². The lowest BCUT2D eigenvalue weighted by Gasteiger charge is -2.32. The highest BCUT2D eigenvalue weighted by atomic mass is 32.2. The van der Waals surface area contributed by atoms with Crippen LogP contribution in [0.1, 0.15) is 26.7 Å². The van der Waals surface area contributed by atoms with Crippen LogP contribution in [0.15, 0.2) is 35.2 Å². The van der Waals surface area contributed by atoms with Crippen molar-refractivity contribution in [2.45, 2.75) is 49.7 Å². The first kappa shape index (κ1) is 16.3. The molecule has 2 fully saturated rings. The van der Waals surface area contributed by atoms with E-state index in [2.05, 4.69) is 10.0 Å². The normalized spacial score (nSPS) is 26.7. The molecule has 1 aromatic carbocycles. The molecule has 0 spiro atoms. The van der Waals surface area contributed by atoms with Gasteiger partial charge < -0.3 is 10.2 Å². The molecular weight excluding hydrogens is 314 g/mol. The highest BCUT2D eigenvalue weighted by Gasteiger charge is 2.47. The smallest absolute Gasteiger partial charge is 0.317 e. The van der Waals surface area contributed by atoms with E-state index in [4.69, 9.17) is 0 Å². The van der Waals surface area contributed by atoms with Gasteiger partial charge >= 0.3 is 6.03 Å². The summed E-state index contributed by atoms with van der Waals surface area (Å²) in [5.74, 6) is 0.191. The van der Waals surface area contributed by atoms with Crippen molar-refractivity contribution < 1.29 is 13.2 Å². The molecule has 7 heteroatoms. The highest BCUT2D eigenvalue weighted by molar-refractivity contribution is 7.89. The molecule has 2 bridgehead atoms. The molecule has 1 aliphatic heterocycles. The minimum absolute atomic E-state index is 0.0446. The van der Waals surface area contributed by atoms with E-state index in [1.165, 1.54) is 0 Å². The van der Waals surface area contributed by atoms with Gasteiger partial charge in [-0.2, -0.15) is 0 Å². The first-order valence-electron chi connectivity index (χ1n) is 8.01. The lowest BCUT2D eigenvalue weighted by atomic mass is 10.0. The van der Waals surface area contributed by atoms with Crippen LogP contribution in [0.5, 0.6) is 0 Å². The van der Waals surface area contributed by atoms with Gasteiger partial charge in [-0.15, -0.1) is 0 Å². The molecule has 126 valence electrons. The van der Waals surface area contributed by atoms with E-state index in [0.29, 0.717) is 13.0 Å². The van der Waals surface area contributed by atoms with Gasteiger partial charge in [0.05, 0.1) is 4.90 Å². The molecule has 0 radical (unpaired) electrons. The Balaban J connectivity index is 1.63. The number of sulfonamides is 1. The summed E-state index contributed by atoms with van der Waals surface area (Å²) < 4.78 is 27.7. The second-order valence-electron chi connectivity index (χ2n) is 6.68. The third kappa shape index (κ3) is 3.35. The fourth-order valence-electron chi connectivity index (χ4n) is 3.54. The van der Waals surface area contributed by atoms with Crippen molar-refractivity contribution in [3.05, 3.63) is 30.3 Å². The van der Waals surface area contributed by atoms with Crippen LogP contribution >= 0.6 is 0 Å².